The Bertz CT molecular complexity index is 420. The van der Waals surface area contributed by atoms with E-state index in [1.54, 1.807) is 36.5 Å². The molecule has 82 valence electrons. The van der Waals surface area contributed by atoms with Gasteiger partial charge in [-0.15, -0.1) is 0 Å². The van der Waals surface area contributed by atoms with Crippen LogP contribution in [0.3, 0.4) is 0 Å². The molecule has 0 unspecified atom stereocenters. The van der Waals surface area contributed by atoms with Crippen LogP contribution in [-0.4, -0.2) is 6.03 Å². The third-order valence-corrected chi connectivity index (χ3v) is 2.26. The summed E-state index contributed by atoms with van der Waals surface area (Å²) in [6.45, 7) is 1.81. The fourth-order valence-corrected chi connectivity index (χ4v) is 1.36. The average molecular weight is 233 g/mol. The predicted molar refractivity (Wildman–Crippen MR) is 64.9 cm³/mol. The normalized spacial score (nSPS) is 9.75. The summed E-state index contributed by atoms with van der Waals surface area (Å²) in [5, 5.41) is 15.6. The second-order valence-corrected chi connectivity index (χ2v) is 3.67. The molecule has 16 heavy (non-hydrogen) atoms. The summed E-state index contributed by atoms with van der Waals surface area (Å²) in [5.41, 5.74) is 0.685. The summed E-state index contributed by atoms with van der Waals surface area (Å²) in [6.07, 6.45) is 3.28. The number of nitriles is 1. The molecule has 0 saturated heterocycles. The van der Waals surface area contributed by atoms with Crippen molar-refractivity contribution in [2.75, 3.05) is 5.32 Å². The van der Waals surface area contributed by atoms with E-state index in [1.165, 1.54) is 0 Å². The van der Waals surface area contributed by atoms with E-state index in [9.17, 15) is 4.79 Å². The Morgan fingerprint density at radius 3 is 2.69 bits per heavy atom. The number of nitrogens with one attached hydrogen (secondary N) is 2. The lowest BCUT2D eigenvalue weighted by molar-refractivity contribution is 0.255. The Kier molecular flexibility index (Phi) is 4.96. The molecule has 0 aromatic heterocycles. The lowest BCUT2D eigenvalue weighted by atomic mass is 10.3. The highest BCUT2D eigenvalue weighted by molar-refractivity contribution is 8.03. The number of benzene rings is 1. The highest BCUT2D eigenvalue weighted by Gasteiger charge is 1.99. The topological polar surface area (TPSA) is 64.9 Å². The van der Waals surface area contributed by atoms with Crippen LogP contribution < -0.4 is 10.6 Å². The van der Waals surface area contributed by atoms with Gasteiger partial charge in [0.1, 0.15) is 5.40 Å². The van der Waals surface area contributed by atoms with E-state index in [0.717, 1.165) is 16.7 Å². The molecule has 0 bridgehead atoms. The molecular formula is C11H11N3OS. The number of carbonyl (C=O) groups excluding carboxylic acids is 1. The first-order chi connectivity index (χ1) is 7.76. The number of carbonyl (C=O) groups is 1. The monoisotopic (exact) mass is 233 g/mol. The molecule has 2 amide bonds. The van der Waals surface area contributed by atoms with Crippen LogP contribution in [0, 0.1) is 10.7 Å². The third kappa shape index (κ3) is 4.07. The van der Waals surface area contributed by atoms with Crippen LogP contribution in [0.5, 0.6) is 0 Å². The van der Waals surface area contributed by atoms with Crippen molar-refractivity contribution in [2.24, 2.45) is 0 Å². The van der Waals surface area contributed by atoms with Crippen LogP contribution >= 0.6 is 11.8 Å². The second-order valence-electron chi connectivity index (χ2n) is 2.82. The van der Waals surface area contributed by atoms with Gasteiger partial charge in [0.25, 0.3) is 0 Å². The minimum absolute atomic E-state index is 0.293. The summed E-state index contributed by atoms with van der Waals surface area (Å²) < 4.78 is 0. The summed E-state index contributed by atoms with van der Waals surface area (Å²) in [7, 11) is 0. The van der Waals surface area contributed by atoms with Gasteiger partial charge in [-0.05, 0) is 43.0 Å². The molecular weight excluding hydrogens is 222 g/mol. The van der Waals surface area contributed by atoms with Crippen molar-refractivity contribution in [1.29, 1.82) is 5.26 Å². The van der Waals surface area contributed by atoms with Crippen molar-refractivity contribution in [2.45, 2.75) is 11.8 Å². The highest BCUT2D eigenvalue weighted by Crippen LogP contribution is 2.18. The van der Waals surface area contributed by atoms with Crippen LogP contribution in [0.1, 0.15) is 6.92 Å². The lowest BCUT2D eigenvalue weighted by Crippen LogP contribution is -2.23. The molecule has 0 aliphatic rings. The molecule has 0 spiro atoms. The summed E-state index contributed by atoms with van der Waals surface area (Å²) in [4.78, 5) is 12.1. The molecule has 0 saturated carbocycles. The molecule has 0 atom stereocenters. The predicted octanol–water partition coefficient (Wildman–Crippen LogP) is 2.91. The van der Waals surface area contributed by atoms with E-state index in [2.05, 4.69) is 10.6 Å². The molecule has 2 N–H and O–H groups in total. The van der Waals surface area contributed by atoms with Crippen LogP contribution in [0.4, 0.5) is 10.5 Å². The Morgan fingerprint density at radius 2 is 2.12 bits per heavy atom. The highest BCUT2D eigenvalue weighted by atomic mass is 32.2. The van der Waals surface area contributed by atoms with Gasteiger partial charge in [-0.25, -0.2) is 4.79 Å². The van der Waals surface area contributed by atoms with E-state index in [4.69, 9.17) is 5.26 Å². The maximum atomic E-state index is 11.3. The number of allylic oxidation sites excluding steroid dienone is 1. The summed E-state index contributed by atoms with van der Waals surface area (Å²) in [5.74, 6) is 0. The second kappa shape index (κ2) is 6.53. The number of thioether (sulfide) groups is 1. The van der Waals surface area contributed by atoms with Crippen LogP contribution in [0.25, 0.3) is 0 Å². The van der Waals surface area contributed by atoms with Gasteiger partial charge in [0.2, 0.25) is 0 Å². The number of thiocyanates is 1. The standard InChI is InChI=1S/C11H11N3OS/c1-2-7-13-11(15)14-9-3-5-10(6-4-9)16-8-12/h2-7H,1H3,(H2,13,14,15)/b7-2+. The SMILES string of the molecule is C/C=C/NC(=O)Nc1ccc(SC#N)cc1. The van der Waals surface area contributed by atoms with Crippen molar-refractivity contribution in [3.05, 3.63) is 36.5 Å². The quantitative estimate of drug-likeness (QED) is 0.623. The fourth-order valence-electron chi connectivity index (χ4n) is 0.985. The minimum atomic E-state index is -0.293. The Labute approximate surface area is 98.3 Å². The van der Waals surface area contributed by atoms with E-state index in [-0.39, 0.29) is 6.03 Å². The van der Waals surface area contributed by atoms with E-state index < -0.39 is 0 Å². The van der Waals surface area contributed by atoms with E-state index in [0.29, 0.717) is 5.69 Å². The van der Waals surface area contributed by atoms with E-state index in [1.807, 2.05) is 12.3 Å². The van der Waals surface area contributed by atoms with Gasteiger partial charge < -0.3 is 10.6 Å². The lowest BCUT2D eigenvalue weighted by Gasteiger charge is -2.04. The van der Waals surface area contributed by atoms with Gasteiger partial charge in [0, 0.05) is 16.8 Å². The maximum Gasteiger partial charge on any atom is 0.323 e. The first-order valence-electron chi connectivity index (χ1n) is 4.61. The fraction of sp³-hybridized carbons (Fsp3) is 0.0909. The van der Waals surface area contributed by atoms with Gasteiger partial charge in [-0.1, -0.05) is 6.08 Å². The molecule has 0 aliphatic heterocycles. The van der Waals surface area contributed by atoms with Crippen molar-refractivity contribution in [1.82, 2.24) is 5.32 Å². The molecule has 0 heterocycles. The average Bonchev–Trinajstić information content (AvgIpc) is 2.29. The molecule has 0 aliphatic carbocycles. The maximum absolute atomic E-state index is 11.3. The van der Waals surface area contributed by atoms with Crippen molar-refractivity contribution < 1.29 is 4.79 Å². The first kappa shape index (κ1) is 12.1. The van der Waals surface area contributed by atoms with Crippen LogP contribution in [0.2, 0.25) is 0 Å². The van der Waals surface area contributed by atoms with Gasteiger partial charge in [-0.2, -0.15) is 5.26 Å². The third-order valence-electron chi connectivity index (χ3n) is 1.66. The summed E-state index contributed by atoms with van der Waals surface area (Å²) >= 11 is 1.08. The zero-order valence-electron chi connectivity index (χ0n) is 8.73. The Balaban J connectivity index is 2.55. The Hall–Kier alpha value is -1.93. The number of urea groups is 1. The van der Waals surface area contributed by atoms with E-state index >= 15 is 0 Å². The Morgan fingerprint density at radius 1 is 1.44 bits per heavy atom. The molecule has 1 aromatic carbocycles. The molecule has 4 nitrogen and oxygen atoms in total. The van der Waals surface area contributed by atoms with Gasteiger partial charge in [0.15, 0.2) is 0 Å². The van der Waals surface area contributed by atoms with Gasteiger partial charge in [-0.3, -0.25) is 0 Å². The van der Waals surface area contributed by atoms with Crippen molar-refractivity contribution in [3.63, 3.8) is 0 Å². The van der Waals surface area contributed by atoms with Crippen LogP contribution in [0.15, 0.2) is 41.4 Å². The van der Waals surface area contributed by atoms with Crippen molar-refractivity contribution in [3.8, 4) is 5.40 Å². The number of rotatable bonds is 3. The molecule has 0 radical (unpaired) electrons. The number of hydrogen-bond acceptors (Lipinski definition) is 3. The molecule has 1 aromatic rings. The molecule has 0 fully saturated rings. The van der Waals surface area contributed by atoms with Crippen LogP contribution in [-0.2, 0) is 0 Å². The zero-order chi connectivity index (χ0) is 11.8. The first-order valence-corrected chi connectivity index (χ1v) is 5.42. The minimum Gasteiger partial charge on any atom is -0.315 e. The molecule has 5 heteroatoms. The zero-order valence-corrected chi connectivity index (χ0v) is 9.54. The van der Waals surface area contributed by atoms with Gasteiger partial charge >= 0.3 is 6.03 Å². The number of amides is 2. The smallest absolute Gasteiger partial charge is 0.315 e. The van der Waals surface area contributed by atoms with Gasteiger partial charge in [0.05, 0.1) is 0 Å². The number of hydrogen-bond donors (Lipinski definition) is 2. The van der Waals surface area contributed by atoms with Crippen molar-refractivity contribution >= 4 is 23.5 Å². The largest absolute Gasteiger partial charge is 0.323 e. The summed E-state index contributed by atoms with van der Waals surface area (Å²) in [6, 6.07) is 6.75. The number of anilines is 1. The number of nitrogens with zero attached hydrogens (tertiary/aromatic N) is 1. The molecule has 1 rings (SSSR count).